The summed E-state index contributed by atoms with van der Waals surface area (Å²) in [6.07, 6.45) is 1.61. The SMILES string of the molecule is O=c1c2ccccc2nc(-c2ccccc2)n1N=Cc1ccc(OCc2cccc(F)c2)cc1. The number of rotatable bonds is 6. The van der Waals surface area contributed by atoms with Crippen LogP contribution >= 0.6 is 0 Å². The van der Waals surface area contributed by atoms with Crippen molar-refractivity contribution >= 4 is 17.1 Å². The molecular formula is C28H20FN3O2. The topological polar surface area (TPSA) is 56.5 Å². The van der Waals surface area contributed by atoms with Crippen molar-refractivity contribution in [3.63, 3.8) is 0 Å². The van der Waals surface area contributed by atoms with Crippen molar-refractivity contribution in [2.75, 3.05) is 0 Å². The van der Waals surface area contributed by atoms with Crippen molar-refractivity contribution in [1.82, 2.24) is 9.66 Å². The van der Waals surface area contributed by atoms with Crippen molar-refractivity contribution in [2.24, 2.45) is 5.10 Å². The highest BCUT2D eigenvalue weighted by atomic mass is 19.1. The number of para-hydroxylation sites is 1. The summed E-state index contributed by atoms with van der Waals surface area (Å²) >= 11 is 0. The van der Waals surface area contributed by atoms with Crippen LogP contribution in [0.5, 0.6) is 5.75 Å². The van der Waals surface area contributed by atoms with E-state index in [-0.39, 0.29) is 18.0 Å². The average molecular weight is 449 g/mol. The molecule has 5 aromatic rings. The zero-order valence-corrected chi connectivity index (χ0v) is 18.1. The van der Waals surface area contributed by atoms with Crippen LogP contribution in [0, 0.1) is 5.82 Å². The van der Waals surface area contributed by atoms with E-state index >= 15 is 0 Å². The van der Waals surface area contributed by atoms with Gasteiger partial charge in [-0.2, -0.15) is 9.78 Å². The molecule has 6 heteroatoms. The van der Waals surface area contributed by atoms with Crippen LogP contribution in [0.2, 0.25) is 0 Å². The first-order chi connectivity index (χ1) is 16.7. The van der Waals surface area contributed by atoms with Gasteiger partial charge in [0.05, 0.1) is 17.1 Å². The third-order valence-corrected chi connectivity index (χ3v) is 5.28. The van der Waals surface area contributed by atoms with Gasteiger partial charge in [-0.3, -0.25) is 4.79 Å². The normalized spacial score (nSPS) is 11.2. The number of benzene rings is 4. The molecular weight excluding hydrogens is 429 g/mol. The Morgan fingerprint density at radius 1 is 0.882 bits per heavy atom. The summed E-state index contributed by atoms with van der Waals surface area (Å²) in [5.74, 6) is 0.826. The van der Waals surface area contributed by atoms with Gasteiger partial charge in [0.2, 0.25) is 0 Å². The average Bonchev–Trinajstić information content (AvgIpc) is 2.88. The zero-order valence-electron chi connectivity index (χ0n) is 18.1. The molecule has 0 amide bonds. The van der Waals surface area contributed by atoms with Crippen molar-refractivity contribution < 1.29 is 9.13 Å². The number of hydrogen-bond acceptors (Lipinski definition) is 4. The molecule has 1 heterocycles. The quantitative estimate of drug-likeness (QED) is 0.314. The van der Waals surface area contributed by atoms with Crippen molar-refractivity contribution in [2.45, 2.75) is 6.61 Å². The first-order valence-corrected chi connectivity index (χ1v) is 10.8. The highest BCUT2D eigenvalue weighted by molar-refractivity contribution is 5.82. The fraction of sp³-hybridized carbons (Fsp3) is 0.0357. The summed E-state index contributed by atoms with van der Waals surface area (Å²) in [5.41, 5.74) is 2.72. The first kappa shape index (κ1) is 21.3. The molecule has 0 bridgehead atoms. The largest absolute Gasteiger partial charge is 0.489 e. The van der Waals surface area contributed by atoms with E-state index in [1.807, 2.05) is 66.7 Å². The lowest BCUT2D eigenvalue weighted by molar-refractivity contribution is 0.305. The minimum absolute atomic E-state index is 0.240. The summed E-state index contributed by atoms with van der Waals surface area (Å²) in [6.45, 7) is 0.268. The fourth-order valence-electron chi connectivity index (χ4n) is 3.57. The van der Waals surface area contributed by atoms with Gasteiger partial charge in [-0.15, -0.1) is 0 Å². The van der Waals surface area contributed by atoms with Gasteiger partial charge in [0.25, 0.3) is 5.56 Å². The maximum atomic E-state index is 13.3. The Balaban J connectivity index is 1.42. The van der Waals surface area contributed by atoms with E-state index in [0.29, 0.717) is 22.5 Å². The maximum absolute atomic E-state index is 13.3. The molecule has 0 radical (unpaired) electrons. The Bertz CT molecular complexity index is 1530. The molecule has 0 unspecified atom stereocenters. The molecule has 4 aromatic carbocycles. The van der Waals surface area contributed by atoms with E-state index in [1.54, 1.807) is 30.5 Å². The predicted molar refractivity (Wildman–Crippen MR) is 132 cm³/mol. The van der Waals surface area contributed by atoms with Crippen LogP contribution in [0.25, 0.3) is 22.3 Å². The van der Waals surface area contributed by atoms with Crippen LogP contribution in [-0.2, 0) is 6.61 Å². The molecule has 0 spiro atoms. The summed E-state index contributed by atoms with van der Waals surface area (Å²) in [4.78, 5) is 17.9. The van der Waals surface area contributed by atoms with E-state index in [2.05, 4.69) is 5.10 Å². The first-order valence-electron chi connectivity index (χ1n) is 10.8. The third kappa shape index (κ3) is 4.61. The van der Waals surface area contributed by atoms with E-state index in [4.69, 9.17) is 9.72 Å². The zero-order chi connectivity index (χ0) is 23.3. The van der Waals surface area contributed by atoms with Crippen LogP contribution in [0.1, 0.15) is 11.1 Å². The van der Waals surface area contributed by atoms with Gasteiger partial charge in [0, 0.05) is 5.56 Å². The van der Waals surface area contributed by atoms with Crippen LogP contribution in [-0.4, -0.2) is 15.9 Å². The second-order valence-corrected chi connectivity index (χ2v) is 7.67. The molecule has 0 atom stereocenters. The predicted octanol–water partition coefficient (Wildman–Crippen LogP) is 5.66. The standard InChI is InChI=1S/C28H20FN3O2/c29-23-10-6-7-21(17-23)19-34-24-15-13-20(14-16-24)18-30-32-27(22-8-2-1-3-9-22)31-26-12-5-4-11-25(26)28(32)33/h1-18H,19H2. The number of hydrogen-bond donors (Lipinski definition) is 0. The summed E-state index contributed by atoms with van der Waals surface area (Å²) in [5, 5.41) is 4.97. The fourth-order valence-corrected chi connectivity index (χ4v) is 3.57. The summed E-state index contributed by atoms with van der Waals surface area (Å²) < 4.78 is 20.4. The van der Waals surface area contributed by atoms with E-state index < -0.39 is 0 Å². The molecule has 166 valence electrons. The van der Waals surface area contributed by atoms with E-state index in [1.165, 1.54) is 16.8 Å². The molecule has 0 N–H and O–H groups in total. The monoisotopic (exact) mass is 449 g/mol. The Labute approximate surface area is 195 Å². The lowest BCUT2D eigenvalue weighted by atomic mass is 10.2. The molecule has 0 aliphatic carbocycles. The highest BCUT2D eigenvalue weighted by Gasteiger charge is 2.11. The number of ether oxygens (including phenoxy) is 1. The second kappa shape index (κ2) is 9.50. The Morgan fingerprint density at radius 3 is 2.44 bits per heavy atom. The lowest BCUT2D eigenvalue weighted by Crippen LogP contribution is -2.20. The van der Waals surface area contributed by atoms with Gasteiger partial charge in [0.15, 0.2) is 5.82 Å². The van der Waals surface area contributed by atoms with Gasteiger partial charge < -0.3 is 4.74 Å². The van der Waals surface area contributed by atoms with Crippen LogP contribution < -0.4 is 10.3 Å². The minimum Gasteiger partial charge on any atom is -0.489 e. The van der Waals surface area contributed by atoms with Gasteiger partial charge >= 0.3 is 0 Å². The molecule has 1 aromatic heterocycles. The molecule has 0 saturated carbocycles. The van der Waals surface area contributed by atoms with Gasteiger partial charge in [-0.1, -0.05) is 54.6 Å². The Morgan fingerprint density at radius 2 is 1.65 bits per heavy atom. The maximum Gasteiger partial charge on any atom is 0.282 e. The number of fused-ring (bicyclic) bond motifs is 1. The molecule has 0 saturated heterocycles. The molecule has 34 heavy (non-hydrogen) atoms. The molecule has 0 aliphatic heterocycles. The third-order valence-electron chi connectivity index (χ3n) is 5.28. The summed E-state index contributed by atoms with van der Waals surface area (Å²) in [6, 6.07) is 30.3. The Kier molecular flexibility index (Phi) is 5.95. The lowest BCUT2D eigenvalue weighted by Gasteiger charge is -2.09. The molecule has 5 rings (SSSR count). The van der Waals surface area contributed by atoms with Gasteiger partial charge in [0.1, 0.15) is 18.2 Å². The van der Waals surface area contributed by atoms with Crippen molar-refractivity contribution in [3.8, 4) is 17.1 Å². The number of aromatic nitrogens is 2. The van der Waals surface area contributed by atoms with Gasteiger partial charge in [-0.05, 0) is 59.7 Å². The Hall–Kier alpha value is -4.58. The minimum atomic E-state index is -0.291. The van der Waals surface area contributed by atoms with Gasteiger partial charge in [-0.25, -0.2) is 9.37 Å². The number of halogens is 1. The van der Waals surface area contributed by atoms with Crippen LogP contribution in [0.3, 0.4) is 0 Å². The molecule has 0 fully saturated rings. The van der Waals surface area contributed by atoms with Crippen molar-refractivity contribution in [1.29, 1.82) is 0 Å². The van der Waals surface area contributed by atoms with E-state index in [0.717, 1.165) is 16.7 Å². The highest BCUT2D eigenvalue weighted by Crippen LogP contribution is 2.19. The van der Waals surface area contributed by atoms with Crippen molar-refractivity contribution in [3.05, 3.63) is 130 Å². The van der Waals surface area contributed by atoms with Crippen LogP contribution in [0.15, 0.2) is 113 Å². The summed E-state index contributed by atoms with van der Waals surface area (Å²) in [7, 11) is 0. The second-order valence-electron chi connectivity index (χ2n) is 7.67. The molecule has 5 nitrogen and oxygen atoms in total. The smallest absolute Gasteiger partial charge is 0.282 e. The van der Waals surface area contributed by atoms with Crippen LogP contribution in [0.4, 0.5) is 4.39 Å². The van der Waals surface area contributed by atoms with E-state index in [9.17, 15) is 9.18 Å². The molecule has 0 aliphatic rings. The number of nitrogens with zero attached hydrogens (tertiary/aromatic N) is 3.